The van der Waals surface area contributed by atoms with Crippen molar-refractivity contribution in [3.8, 4) is 0 Å². The predicted octanol–water partition coefficient (Wildman–Crippen LogP) is 0.681. The molecule has 0 aliphatic rings. The van der Waals surface area contributed by atoms with Crippen LogP contribution in [0.3, 0.4) is 0 Å². The highest BCUT2D eigenvalue weighted by molar-refractivity contribution is 7.89. The van der Waals surface area contributed by atoms with Crippen LogP contribution in [0.1, 0.15) is 0 Å². The van der Waals surface area contributed by atoms with Crippen LogP contribution in [-0.4, -0.2) is 32.2 Å². The van der Waals surface area contributed by atoms with E-state index in [9.17, 15) is 13.2 Å². The molecule has 0 bridgehead atoms. The van der Waals surface area contributed by atoms with Gasteiger partial charge < -0.3 is 11.5 Å². The van der Waals surface area contributed by atoms with Gasteiger partial charge in [0, 0.05) is 12.1 Å². The Hall–Kier alpha value is -1.02. The Balaban J connectivity index is 3.33. The first-order valence-electron chi connectivity index (χ1n) is 4.65. The van der Waals surface area contributed by atoms with Gasteiger partial charge in [-0.15, -0.1) is 0 Å². The number of rotatable bonds is 4. The van der Waals surface area contributed by atoms with Crippen molar-refractivity contribution in [1.29, 1.82) is 0 Å². The molecule has 0 unspecified atom stereocenters. The molecule has 18 heavy (non-hydrogen) atoms. The first-order chi connectivity index (χ1) is 8.16. The number of benzene rings is 1. The number of hydrogen-bond donors (Lipinski definition) is 2. The van der Waals surface area contributed by atoms with Gasteiger partial charge in [0.25, 0.3) is 0 Å². The average Bonchev–Trinajstić information content (AvgIpc) is 2.13. The zero-order valence-electron chi connectivity index (χ0n) is 9.35. The number of anilines is 1. The fourth-order valence-electron chi connectivity index (χ4n) is 1.31. The fourth-order valence-corrected chi connectivity index (χ4v) is 3.39. The van der Waals surface area contributed by atoms with Crippen molar-refractivity contribution in [2.75, 3.05) is 19.3 Å². The Morgan fingerprint density at radius 1 is 1.39 bits per heavy atom. The summed E-state index contributed by atoms with van der Waals surface area (Å²) >= 11 is 11.5. The van der Waals surface area contributed by atoms with Gasteiger partial charge in [0.1, 0.15) is 4.90 Å². The first kappa shape index (κ1) is 15.0. The average molecular weight is 312 g/mol. The van der Waals surface area contributed by atoms with Gasteiger partial charge in [-0.2, -0.15) is 4.31 Å². The van der Waals surface area contributed by atoms with Crippen LogP contribution in [-0.2, 0) is 14.8 Å². The SMILES string of the molecule is CN(CC(N)=O)S(=O)(=O)c1c(N)cc(Cl)cc1Cl. The van der Waals surface area contributed by atoms with Crippen LogP contribution in [0.5, 0.6) is 0 Å². The van der Waals surface area contributed by atoms with E-state index in [0.717, 1.165) is 4.31 Å². The summed E-state index contributed by atoms with van der Waals surface area (Å²) in [4.78, 5) is 10.4. The van der Waals surface area contributed by atoms with E-state index < -0.39 is 22.5 Å². The molecule has 6 nitrogen and oxygen atoms in total. The summed E-state index contributed by atoms with van der Waals surface area (Å²) in [6.07, 6.45) is 0. The van der Waals surface area contributed by atoms with Crippen LogP contribution in [0, 0.1) is 0 Å². The number of nitrogens with zero attached hydrogens (tertiary/aromatic N) is 1. The van der Waals surface area contributed by atoms with Crippen molar-refractivity contribution < 1.29 is 13.2 Å². The van der Waals surface area contributed by atoms with Crippen LogP contribution < -0.4 is 11.5 Å². The Labute approximate surface area is 114 Å². The van der Waals surface area contributed by atoms with Crippen molar-refractivity contribution in [2.45, 2.75) is 4.90 Å². The van der Waals surface area contributed by atoms with Crippen LogP contribution in [0.15, 0.2) is 17.0 Å². The maximum atomic E-state index is 12.1. The number of nitrogens with two attached hydrogens (primary N) is 2. The summed E-state index contributed by atoms with van der Waals surface area (Å²) in [7, 11) is -2.80. The largest absolute Gasteiger partial charge is 0.398 e. The van der Waals surface area contributed by atoms with Gasteiger partial charge in [-0.1, -0.05) is 23.2 Å². The zero-order chi connectivity index (χ0) is 14.1. The van der Waals surface area contributed by atoms with E-state index in [2.05, 4.69) is 0 Å². The number of halogens is 2. The minimum atomic E-state index is -4.00. The highest BCUT2D eigenvalue weighted by atomic mass is 35.5. The van der Waals surface area contributed by atoms with E-state index in [-0.39, 0.29) is 20.6 Å². The standard InChI is InChI=1S/C9H11Cl2N3O3S/c1-14(4-8(13)15)18(16,17)9-6(11)2-5(10)3-7(9)12/h2-3H,4,12H2,1H3,(H2,13,15). The smallest absolute Gasteiger partial charge is 0.246 e. The number of primary amides is 1. The molecule has 0 atom stereocenters. The van der Waals surface area contributed by atoms with E-state index in [1.165, 1.54) is 19.2 Å². The Morgan fingerprint density at radius 2 is 1.94 bits per heavy atom. The van der Waals surface area contributed by atoms with Gasteiger partial charge in [0.15, 0.2) is 0 Å². The second-order valence-electron chi connectivity index (χ2n) is 3.53. The highest BCUT2D eigenvalue weighted by Crippen LogP contribution is 2.32. The summed E-state index contributed by atoms with van der Waals surface area (Å²) in [5.74, 6) is -0.787. The number of nitrogen functional groups attached to an aromatic ring is 1. The van der Waals surface area contributed by atoms with Crippen LogP contribution in [0.4, 0.5) is 5.69 Å². The molecular weight excluding hydrogens is 301 g/mol. The van der Waals surface area contributed by atoms with E-state index in [0.29, 0.717) is 0 Å². The van der Waals surface area contributed by atoms with Crippen molar-refractivity contribution >= 4 is 44.8 Å². The lowest BCUT2D eigenvalue weighted by Crippen LogP contribution is -2.35. The quantitative estimate of drug-likeness (QED) is 0.797. The number of likely N-dealkylation sites (N-methyl/N-ethyl adjacent to an activating group) is 1. The number of carbonyl (C=O) groups excluding carboxylic acids is 1. The van der Waals surface area contributed by atoms with E-state index in [1.54, 1.807) is 0 Å². The molecule has 1 aromatic rings. The number of hydrogen-bond acceptors (Lipinski definition) is 4. The molecule has 9 heteroatoms. The van der Waals surface area contributed by atoms with E-state index >= 15 is 0 Å². The minimum absolute atomic E-state index is 0.0937. The summed E-state index contributed by atoms with van der Waals surface area (Å²) in [5, 5.41) is 0.102. The maximum Gasteiger partial charge on any atom is 0.246 e. The second kappa shape index (κ2) is 5.31. The third kappa shape index (κ3) is 3.05. The van der Waals surface area contributed by atoms with Gasteiger partial charge in [-0.25, -0.2) is 8.42 Å². The van der Waals surface area contributed by atoms with Crippen molar-refractivity contribution in [1.82, 2.24) is 4.31 Å². The van der Waals surface area contributed by atoms with Crippen LogP contribution >= 0.6 is 23.2 Å². The molecule has 4 N–H and O–H groups in total. The normalized spacial score (nSPS) is 11.8. The van der Waals surface area contributed by atoms with Gasteiger partial charge >= 0.3 is 0 Å². The lowest BCUT2D eigenvalue weighted by Gasteiger charge is -2.17. The Morgan fingerprint density at radius 3 is 2.39 bits per heavy atom. The molecule has 0 fully saturated rings. The Kier molecular flexibility index (Phi) is 4.44. The molecule has 0 spiro atoms. The molecule has 100 valence electrons. The monoisotopic (exact) mass is 311 g/mol. The molecule has 1 rings (SSSR count). The molecule has 0 heterocycles. The fraction of sp³-hybridized carbons (Fsp3) is 0.222. The highest BCUT2D eigenvalue weighted by Gasteiger charge is 2.27. The lowest BCUT2D eigenvalue weighted by molar-refractivity contribution is -0.118. The molecule has 1 aromatic carbocycles. The predicted molar refractivity (Wildman–Crippen MR) is 69.9 cm³/mol. The van der Waals surface area contributed by atoms with Crippen LogP contribution in [0.2, 0.25) is 10.0 Å². The number of sulfonamides is 1. The van der Waals surface area contributed by atoms with Gasteiger partial charge in [-0.3, -0.25) is 4.79 Å². The first-order valence-corrected chi connectivity index (χ1v) is 6.85. The molecule has 0 radical (unpaired) electrons. The molecule has 0 aromatic heterocycles. The van der Waals surface area contributed by atoms with Crippen molar-refractivity contribution in [2.24, 2.45) is 5.73 Å². The van der Waals surface area contributed by atoms with Gasteiger partial charge in [0.2, 0.25) is 15.9 Å². The molecular formula is C9H11Cl2N3O3S. The van der Waals surface area contributed by atoms with E-state index in [1.807, 2.05) is 0 Å². The summed E-state index contributed by atoms with van der Waals surface area (Å²) in [6.45, 7) is -0.471. The topological polar surface area (TPSA) is 106 Å². The Bertz CT molecular complexity index is 566. The molecule has 0 saturated carbocycles. The second-order valence-corrected chi connectivity index (χ2v) is 6.36. The zero-order valence-corrected chi connectivity index (χ0v) is 11.7. The third-order valence-corrected chi connectivity index (χ3v) is 4.63. The number of carbonyl (C=O) groups is 1. The summed E-state index contributed by atoms with van der Waals surface area (Å²) in [5.41, 5.74) is 10.4. The molecule has 0 saturated heterocycles. The van der Waals surface area contributed by atoms with Crippen LogP contribution in [0.25, 0.3) is 0 Å². The van der Waals surface area contributed by atoms with Gasteiger partial charge in [-0.05, 0) is 12.1 Å². The molecule has 1 amide bonds. The van der Waals surface area contributed by atoms with E-state index in [4.69, 9.17) is 34.7 Å². The van der Waals surface area contributed by atoms with Crippen molar-refractivity contribution in [3.05, 3.63) is 22.2 Å². The number of amides is 1. The van der Waals surface area contributed by atoms with Gasteiger partial charge in [0.05, 0.1) is 17.3 Å². The maximum absolute atomic E-state index is 12.1. The van der Waals surface area contributed by atoms with Crippen molar-refractivity contribution in [3.63, 3.8) is 0 Å². The lowest BCUT2D eigenvalue weighted by atomic mass is 10.3. The molecule has 0 aliphatic carbocycles. The minimum Gasteiger partial charge on any atom is -0.398 e. The summed E-state index contributed by atoms with van der Waals surface area (Å²) < 4.78 is 25.0. The third-order valence-electron chi connectivity index (χ3n) is 2.08. The molecule has 0 aliphatic heterocycles. The summed E-state index contributed by atoms with van der Waals surface area (Å²) in [6, 6.07) is 2.52.